The van der Waals surface area contributed by atoms with Crippen molar-refractivity contribution in [2.45, 2.75) is 51.9 Å². The standard InChI is InChI=1S/C21H30N2O3/c1-16(2)20(26-15-18-8-5-14-25-18)21(24)22-11-6-12-23-13-10-17-7-3-4-9-19(17)23/h3-4,7,9-10,13,16,18,20H,5-6,8,11-12,14-15H2,1-2H3,(H,22,24)/t18-,20-/m1/s1. The van der Waals surface area contributed by atoms with Crippen molar-refractivity contribution in [1.82, 2.24) is 9.88 Å². The lowest BCUT2D eigenvalue weighted by Crippen LogP contribution is -2.41. The minimum atomic E-state index is -0.411. The number of hydrogen-bond acceptors (Lipinski definition) is 3. The minimum absolute atomic E-state index is 0.0182. The number of rotatable bonds is 9. The summed E-state index contributed by atoms with van der Waals surface area (Å²) in [5.41, 5.74) is 1.23. The third kappa shape index (κ3) is 4.86. The second-order valence-electron chi connectivity index (χ2n) is 7.35. The topological polar surface area (TPSA) is 52.5 Å². The summed E-state index contributed by atoms with van der Waals surface area (Å²) in [6.45, 7) is 6.89. The molecule has 0 unspecified atom stereocenters. The number of hydrogen-bond donors (Lipinski definition) is 1. The summed E-state index contributed by atoms with van der Waals surface area (Å²) in [6.07, 6.45) is 4.84. The zero-order chi connectivity index (χ0) is 18.4. The third-order valence-corrected chi connectivity index (χ3v) is 4.90. The fraction of sp³-hybridized carbons (Fsp3) is 0.571. The van der Waals surface area contributed by atoms with Gasteiger partial charge >= 0.3 is 0 Å². The normalized spacial score (nSPS) is 18.5. The Kier molecular flexibility index (Phi) is 6.69. The first-order valence-corrected chi connectivity index (χ1v) is 9.70. The molecule has 0 spiro atoms. The van der Waals surface area contributed by atoms with Gasteiger partial charge in [0, 0.05) is 31.4 Å². The number of nitrogens with one attached hydrogen (secondary N) is 1. The minimum Gasteiger partial charge on any atom is -0.376 e. The molecular weight excluding hydrogens is 328 g/mol. The van der Waals surface area contributed by atoms with Crippen LogP contribution in [0.3, 0.4) is 0 Å². The molecule has 1 fully saturated rings. The van der Waals surface area contributed by atoms with Crippen LogP contribution >= 0.6 is 0 Å². The molecule has 2 aromatic rings. The number of fused-ring (bicyclic) bond motifs is 1. The van der Waals surface area contributed by atoms with E-state index in [0.717, 1.165) is 32.4 Å². The van der Waals surface area contributed by atoms with Gasteiger partial charge in [-0.05, 0) is 42.7 Å². The molecular formula is C21H30N2O3. The van der Waals surface area contributed by atoms with E-state index in [1.807, 2.05) is 13.8 Å². The van der Waals surface area contributed by atoms with E-state index in [9.17, 15) is 4.79 Å². The number of aromatic nitrogens is 1. The van der Waals surface area contributed by atoms with E-state index >= 15 is 0 Å². The van der Waals surface area contributed by atoms with Crippen LogP contribution in [0.1, 0.15) is 33.1 Å². The van der Waals surface area contributed by atoms with E-state index in [0.29, 0.717) is 13.2 Å². The molecule has 5 heteroatoms. The molecule has 1 amide bonds. The first-order valence-electron chi connectivity index (χ1n) is 9.70. The highest BCUT2D eigenvalue weighted by Gasteiger charge is 2.25. The second kappa shape index (κ2) is 9.19. The molecule has 3 rings (SSSR count). The van der Waals surface area contributed by atoms with Gasteiger partial charge in [-0.3, -0.25) is 4.79 Å². The van der Waals surface area contributed by atoms with Gasteiger partial charge in [0.1, 0.15) is 6.10 Å². The Morgan fingerprint density at radius 3 is 2.96 bits per heavy atom. The van der Waals surface area contributed by atoms with Crippen molar-refractivity contribution in [2.24, 2.45) is 5.92 Å². The van der Waals surface area contributed by atoms with E-state index in [1.54, 1.807) is 0 Å². The molecule has 1 saturated heterocycles. The lowest BCUT2D eigenvalue weighted by molar-refractivity contribution is -0.138. The summed E-state index contributed by atoms with van der Waals surface area (Å²) in [6, 6.07) is 10.5. The molecule has 1 aromatic carbocycles. The molecule has 26 heavy (non-hydrogen) atoms. The Bertz CT molecular complexity index is 704. The quantitative estimate of drug-likeness (QED) is 0.699. The van der Waals surface area contributed by atoms with Gasteiger partial charge in [-0.1, -0.05) is 32.0 Å². The highest BCUT2D eigenvalue weighted by atomic mass is 16.5. The SMILES string of the molecule is CC(C)[C@@H](OC[C@H]1CCCO1)C(=O)NCCCn1ccc2ccccc21. The lowest BCUT2D eigenvalue weighted by Gasteiger charge is -2.22. The van der Waals surface area contributed by atoms with Gasteiger partial charge in [-0.25, -0.2) is 0 Å². The second-order valence-corrected chi connectivity index (χ2v) is 7.35. The molecule has 1 aliphatic heterocycles. The molecule has 142 valence electrons. The molecule has 0 aliphatic carbocycles. The Balaban J connectivity index is 1.42. The van der Waals surface area contributed by atoms with Crippen molar-refractivity contribution in [3.63, 3.8) is 0 Å². The molecule has 1 aliphatic rings. The van der Waals surface area contributed by atoms with Gasteiger partial charge in [0.05, 0.1) is 12.7 Å². The van der Waals surface area contributed by atoms with E-state index in [4.69, 9.17) is 9.47 Å². The maximum atomic E-state index is 12.5. The number of carbonyl (C=O) groups is 1. The maximum Gasteiger partial charge on any atom is 0.249 e. The zero-order valence-corrected chi connectivity index (χ0v) is 15.8. The van der Waals surface area contributed by atoms with Crippen LogP contribution in [0.15, 0.2) is 36.5 Å². The van der Waals surface area contributed by atoms with E-state index < -0.39 is 6.10 Å². The fourth-order valence-corrected chi connectivity index (χ4v) is 3.45. The number of carbonyl (C=O) groups excluding carboxylic acids is 1. The maximum absolute atomic E-state index is 12.5. The van der Waals surface area contributed by atoms with E-state index in [2.05, 4.69) is 46.4 Å². The Morgan fingerprint density at radius 1 is 1.35 bits per heavy atom. The van der Waals surface area contributed by atoms with Crippen molar-refractivity contribution in [1.29, 1.82) is 0 Å². The van der Waals surface area contributed by atoms with Crippen molar-refractivity contribution < 1.29 is 14.3 Å². The summed E-state index contributed by atoms with van der Waals surface area (Å²) >= 11 is 0. The number of para-hydroxylation sites is 1. The van der Waals surface area contributed by atoms with Gasteiger partial charge < -0.3 is 19.4 Å². The van der Waals surface area contributed by atoms with Crippen molar-refractivity contribution in [3.05, 3.63) is 36.5 Å². The van der Waals surface area contributed by atoms with Gasteiger partial charge in [-0.15, -0.1) is 0 Å². The van der Waals surface area contributed by atoms with E-state index in [1.165, 1.54) is 10.9 Å². The Labute approximate surface area is 155 Å². The van der Waals surface area contributed by atoms with Crippen LogP contribution in [0.4, 0.5) is 0 Å². The lowest BCUT2D eigenvalue weighted by atomic mass is 10.1. The van der Waals surface area contributed by atoms with Gasteiger partial charge in [0.25, 0.3) is 0 Å². The molecule has 2 heterocycles. The van der Waals surface area contributed by atoms with Crippen LogP contribution in [0.25, 0.3) is 10.9 Å². The zero-order valence-electron chi connectivity index (χ0n) is 15.8. The largest absolute Gasteiger partial charge is 0.376 e. The highest BCUT2D eigenvalue weighted by molar-refractivity contribution is 5.81. The highest BCUT2D eigenvalue weighted by Crippen LogP contribution is 2.16. The molecule has 1 aromatic heterocycles. The molecule has 0 radical (unpaired) electrons. The molecule has 0 bridgehead atoms. The number of ether oxygens (including phenoxy) is 2. The number of benzene rings is 1. The van der Waals surface area contributed by atoms with Crippen molar-refractivity contribution in [2.75, 3.05) is 19.8 Å². The average Bonchev–Trinajstić information content (AvgIpc) is 3.28. The summed E-state index contributed by atoms with van der Waals surface area (Å²) < 4.78 is 13.7. The molecule has 2 atom stereocenters. The summed E-state index contributed by atoms with van der Waals surface area (Å²) in [5, 5.41) is 4.28. The summed E-state index contributed by atoms with van der Waals surface area (Å²) in [7, 11) is 0. The molecule has 5 nitrogen and oxygen atoms in total. The van der Waals surface area contributed by atoms with Crippen LogP contribution < -0.4 is 5.32 Å². The first-order chi connectivity index (χ1) is 12.6. The van der Waals surface area contributed by atoms with Crippen LogP contribution in [0, 0.1) is 5.92 Å². The number of aryl methyl sites for hydroxylation is 1. The number of amides is 1. The van der Waals surface area contributed by atoms with Gasteiger partial charge in [0.15, 0.2) is 0 Å². The monoisotopic (exact) mass is 358 g/mol. The molecule has 1 N–H and O–H groups in total. The van der Waals surface area contributed by atoms with Gasteiger partial charge in [-0.2, -0.15) is 0 Å². The smallest absolute Gasteiger partial charge is 0.249 e. The fourth-order valence-electron chi connectivity index (χ4n) is 3.45. The van der Waals surface area contributed by atoms with Gasteiger partial charge in [0.2, 0.25) is 5.91 Å². The van der Waals surface area contributed by atoms with Crippen LogP contribution in [-0.2, 0) is 20.8 Å². The van der Waals surface area contributed by atoms with Crippen molar-refractivity contribution >= 4 is 16.8 Å². The van der Waals surface area contributed by atoms with Crippen molar-refractivity contribution in [3.8, 4) is 0 Å². The first kappa shape index (κ1) is 18.9. The average molecular weight is 358 g/mol. The predicted octanol–water partition coefficient (Wildman–Crippen LogP) is 3.37. The predicted molar refractivity (Wildman–Crippen MR) is 103 cm³/mol. The third-order valence-electron chi connectivity index (χ3n) is 4.90. The Morgan fingerprint density at radius 2 is 2.19 bits per heavy atom. The molecule has 0 saturated carbocycles. The van der Waals surface area contributed by atoms with Crippen LogP contribution in [0.2, 0.25) is 0 Å². The summed E-state index contributed by atoms with van der Waals surface area (Å²) in [5.74, 6) is 0.125. The van der Waals surface area contributed by atoms with E-state index in [-0.39, 0.29) is 17.9 Å². The number of nitrogens with zero attached hydrogens (tertiary/aromatic N) is 1. The summed E-state index contributed by atoms with van der Waals surface area (Å²) in [4.78, 5) is 12.5. The van der Waals surface area contributed by atoms with Crippen LogP contribution in [-0.4, -0.2) is 42.4 Å². The Hall–Kier alpha value is -1.85. The van der Waals surface area contributed by atoms with Crippen LogP contribution in [0.5, 0.6) is 0 Å².